The molecule has 0 saturated carbocycles. The van der Waals surface area contributed by atoms with Crippen LogP contribution in [0, 0.1) is 0 Å². The van der Waals surface area contributed by atoms with E-state index in [0.29, 0.717) is 13.0 Å². The number of nitrogens with one attached hydrogen (secondary N) is 1. The van der Waals surface area contributed by atoms with E-state index < -0.39 is 0 Å². The van der Waals surface area contributed by atoms with Gasteiger partial charge in [-0.2, -0.15) is 0 Å². The Bertz CT molecular complexity index is 404. The summed E-state index contributed by atoms with van der Waals surface area (Å²) in [6.07, 6.45) is 0.432. The first-order chi connectivity index (χ1) is 7.72. The molecule has 0 radical (unpaired) electrons. The molecule has 0 spiro atoms. The molecule has 1 N–H and O–H groups in total. The van der Waals surface area contributed by atoms with E-state index in [1.54, 1.807) is 11.9 Å². The third kappa shape index (κ3) is 1.96. The molecule has 0 aromatic heterocycles. The predicted octanol–water partition coefficient (Wildman–Crippen LogP) is 1.86. The van der Waals surface area contributed by atoms with Crippen molar-refractivity contribution in [2.75, 3.05) is 30.4 Å². The van der Waals surface area contributed by atoms with Gasteiger partial charge >= 0.3 is 0 Å². The Balaban J connectivity index is 2.38. The van der Waals surface area contributed by atoms with Crippen LogP contribution in [0.4, 0.5) is 11.4 Å². The Labute approximate surface area is 95.2 Å². The lowest BCUT2D eigenvalue weighted by molar-refractivity contribution is -0.118. The van der Waals surface area contributed by atoms with Gasteiger partial charge in [0.15, 0.2) is 0 Å². The lowest BCUT2D eigenvalue weighted by Gasteiger charge is -2.17. The first-order valence-electron chi connectivity index (χ1n) is 5.49. The first kappa shape index (κ1) is 10.8. The zero-order chi connectivity index (χ0) is 11.5. The standard InChI is InChI=1S/C12H16N2O2/c1-3-13-9-4-5-11-10(8-9)14(2)12(15)6-7-16-11/h4-5,8,13H,3,6-7H2,1-2H3. The molecule has 1 aliphatic heterocycles. The van der Waals surface area contributed by atoms with Crippen LogP contribution >= 0.6 is 0 Å². The van der Waals surface area contributed by atoms with Crippen LogP contribution in [0.5, 0.6) is 5.75 Å². The van der Waals surface area contributed by atoms with E-state index in [-0.39, 0.29) is 5.91 Å². The molecule has 16 heavy (non-hydrogen) atoms. The number of fused-ring (bicyclic) bond motifs is 1. The van der Waals surface area contributed by atoms with Gasteiger partial charge in [-0.15, -0.1) is 0 Å². The second kappa shape index (κ2) is 4.43. The normalized spacial score (nSPS) is 15.1. The third-order valence-corrected chi connectivity index (χ3v) is 2.65. The van der Waals surface area contributed by atoms with Crippen molar-refractivity contribution < 1.29 is 9.53 Å². The van der Waals surface area contributed by atoms with Crippen LogP contribution in [-0.2, 0) is 4.79 Å². The van der Waals surface area contributed by atoms with Gasteiger partial charge in [0.1, 0.15) is 5.75 Å². The molecule has 0 bridgehead atoms. The van der Waals surface area contributed by atoms with Crippen LogP contribution in [-0.4, -0.2) is 26.1 Å². The summed E-state index contributed by atoms with van der Waals surface area (Å²) in [6, 6.07) is 5.82. The zero-order valence-corrected chi connectivity index (χ0v) is 9.62. The monoisotopic (exact) mass is 220 g/mol. The smallest absolute Gasteiger partial charge is 0.230 e. The SMILES string of the molecule is CCNc1ccc2c(c1)N(C)C(=O)CCO2. The Morgan fingerprint density at radius 3 is 3.06 bits per heavy atom. The minimum atomic E-state index is 0.0902. The van der Waals surface area contributed by atoms with Gasteiger partial charge in [0.05, 0.1) is 18.7 Å². The number of rotatable bonds is 2. The number of carbonyl (C=O) groups excluding carboxylic acids is 1. The number of anilines is 2. The molecule has 0 atom stereocenters. The van der Waals surface area contributed by atoms with Crippen molar-refractivity contribution in [1.82, 2.24) is 0 Å². The highest BCUT2D eigenvalue weighted by Crippen LogP contribution is 2.33. The van der Waals surface area contributed by atoms with Gasteiger partial charge in [-0.25, -0.2) is 0 Å². The largest absolute Gasteiger partial charge is 0.491 e. The molecule has 0 saturated heterocycles. The minimum Gasteiger partial charge on any atom is -0.491 e. The van der Waals surface area contributed by atoms with Crippen molar-refractivity contribution in [3.63, 3.8) is 0 Å². The molecule has 1 aromatic rings. The fourth-order valence-corrected chi connectivity index (χ4v) is 1.77. The van der Waals surface area contributed by atoms with E-state index in [4.69, 9.17) is 4.74 Å². The molecular weight excluding hydrogens is 204 g/mol. The van der Waals surface area contributed by atoms with E-state index in [1.165, 1.54) is 0 Å². The highest BCUT2D eigenvalue weighted by molar-refractivity contribution is 5.95. The van der Waals surface area contributed by atoms with E-state index in [0.717, 1.165) is 23.7 Å². The van der Waals surface area contributed by atoms with Gasteiger partial charge in [-0.3, -0.25) is 4.79 Å². The minimum absolute atomic E-state index is 0.0902. The van der Waals surface area contributed by atoms with Crippen LogP contribution < -0.4 is 15.0 Å². The predicted molar refractivity (Wildman–Crippen MR) is 64.1 cm³/mol. The molecule has 0 fully saturated rings. The summed E-state index contributed by atoms with van der Waals surface area (Å²) in [4.78, 5) is 13.3. The highest BCUT2D eigenvalue weighted by atomic mass is 16.5. The summed E-state index contributed by atoms with van der Waals surface area (Å²) in [5.41, 5.74) is 1.84. The summed E-state index contributed by atoms with van der Waals surface area (Å²) < 4.78 is 5.53. The topological polar surface area (TPSA) is 41.6 Å². The summed E-state index contributed by atoms with van der Waals surface area (Å²) in [5, 5.41) is 3.22. The molecule has 1 heterocycles. The van der Waals surface area contributed by atoms with Crippen LogP contribution in [0.15, 0.2) is 18.2 Å². The molecule has 2 rings (SSSR count). The Hall–Kier alpha value is -1.71. The average molecular weight is 220 g/mol. The van der Waals surface area contributed by atoms with Gasteiger partial charge in [0.2, 0.25) is 5.91 Å². The van der Waals surface area contributed by atoms with Crippen LogP contribution in [0.2, 0.25) is 0 Å². The summed E-state index contributed by atoms with van der Waals surface area (Å²) in [5.74, 6) is 0.863. The van der Waals surface area contributed by atoms with Crippen molar-refractivity contribution in [1.29, 1.82) is 0 Å². The lowest BCUT2D eigenvalue weighted by atomic mass is 10.2. The number of carbonyl (C=O) groups is 1. The molecule has 1 aliphatic rings. The third-order valence-electron chi connectivity index (χ3n) is 2.65. The van der Waals surface area contributed by atoms with Gasteiger partial charge in [-0.05, 0) is 25.1 Å². The zero-order valence-electron chi connectivity index (χ0n) is 9.62. The average Bonchev–Trinajstić information content (AvgIpc) is 2.42. The van der Waals surface area contributed by atoms with Crippen molar-refractivity contribution >= 4 is 17.3 Å². The van der Waals surface area contributed by atoms with Gasteiger partial charge in [0, 0.05) is 19.3 Å². The van der Waals surface area contributed by atoms with E-state index in [2.05, 4.69) is 5.32 Å². The molecule has 86 valence electrons. The summed E-state index contributed by atoms with van der Waals surface area (Å²) >= 11 is 0. The van der Waals surface area contributed by atoms with Crippen molar-refractivity contribution in [2.24, 2.45) is 0 Å². The van der Waals surface area contributed by atoms with Crippen LogP contribution in [0.25, 0.3) is 0 Å². The van der Waals surface area contributed by atoms with Crippen LogP contribution in [0.1, 0.15) is 13.3 Å². The number of hydrogen-bond acceptors (Lipinski definition) is 3. The maximum Gasteiger partial charge on any atom is 0.230 e. The van der Waals surface area contributed by atoms with Gasteiger partial charge < -0.3 is 15.0 Å². The Morgan fingerprint density at radius 1 is 1.50 bits per heavy atom. The number of hydrogen-bond donors (Lipinski definition) is 1. The maximum atomic E-state index is 11.7. The van der Waals surface area contributed by atoms with Crippen molar-refractivity contribution in [3.05, 3.63) is 18.2 Å². The van der Waals surface area contributed by atoms with Crippen LogP contribution in [0.3, 0.4) is 0 Å². The summed E-state index contributed by atoms with van der Waals surface area (Å²) in [6.45, 7) is 3.35. The van der Waals surface area contributed by atoms with Crippen molar-refractivity contribution in [3.8, 4) is 5.75 Å². The van der Waals surface area contributed by atoms with Crippen molar-refractivity contribution in [2.45, 2.75) is 13.3 Å². The number of benzene rings is 1. The Morgan fingerprint density at radius 2 is 2.31 bits per heavy atom. The lowest BCUT2D eigenvalue weighted by Crippen LogP contribution is -2.25. The fraction of sp³-hybridized carbons (Fsp3) is 0.417. The molecule has 1 amide bonds. The molecule has 4 nitrogen and oxygen atoms in total. The van der Waals surface area contributed by atoms with Gasteiger partial charge in [-0.1, -0.05) is 0 Å². The quantitative estimate of drug-likeness (QED) is 0.827. The molecule has 0 aliphatic carbocycles. The Kier molecular flexibility index (Phi) is 2.99. The fourth-order valence-electron chi connectivity index (χ4n) is 1.77. The molecular formula is C12H16N2O2. The molecule has 4 heteroatoms. The maximum absolute atomic E-state index is 11.7. The van der Waals surface area contributed by atoms with Gasteiger partial charge in [0.25, 0.3) is 0 Å². The van der Waals surface area contributed by atoms with E-state index >= 15 is 0 Å². The van der Waals surface area contributed by atoms with E-state index in [1.807, 2.05) is 25.1 Å². The second-order valence-corrected chi connectivity index (χ2v) is 3.76. The highest BCUT2D eigenvalue weighted by Gasteiger charge is 2.19. The molecule has 0 unspecified atom stereocenters. The number of nitrogens with zero attached hydrogens (tertiary/aromatic N) is 1. The molecule has 1 aromatic carbocycles. The number of amides is 1. The number of ether oxygens (including phenoxy) is 1. The van der Waals surface area contributed by atoms with E-state index in [9.17, 15) is 4.79 Å². The second-order valence-electron chi connectivity index (χ2n) is 3.76. The summed E-state index contributed by atoms with van der Waals surface area (Å²) in [7, 11) is 1.78. The first-order valence-corrected chi connectivity index (χ1v) is 5.49.